The molecule has 1 aliphatic rings. The van der Waals surface area contributed by atoms with Gasteiger partial charge in [-0.2, -0.15) is 0 Å². The summed E-state index contributed by atoms with van der Waals surface area (Å²) in [5.41, 5.74) is 0. The van der Waals surface area contributed by atoms with E-state index in [1.807, 2.05) is 5.38 Å². The van der Waals surface area contributed by atoms with E-state index in [1.54, 1.807) is 11.3 Å². The monoisotopic (exact) mass is 258 g/mol. The van der Waals surface area contributed by atoms with E-state index in [-0.39, 0.29) is 0 Å². The molecule has 1 aliphatic heterocycles. The Morgan fingerprint density at radius 2 is 2.25 bits per heavy atom. The fourth-order valence-electron chi connectivity index (χ4n) is 2.14. The second kappa shape index (κ2) is 6.01. The lowest BCUT2D eigenvalue weighted by molar-refractivity contribution is 0.206. The number of nitrogens with zero attached hydrogens (tertiary/aromatic N) is 1. The van der Waals surface area contributed by atoms with Crippen LogP contribution in [0.1, 0.15) is 24.6 Å². The summed E-state index contributed by atoms with van der Waals surface area (Å²) in [6.45, 7) is 6.86. The molecule has 4 heteroatoms. The molecule has 90 valence electrons. The van der Waals surface area contributed by atoms with Crippen molar-refractivity contribution in [2.24, 2.45) is 0 Å². The molecule has 1 aromatic rings. The first-order valence-corrected chi connectivity index (χ1v) is 7.22. The highest BCUT2D eigenvalue weighted by Crippen LogP contribution is 2.19. The van der Waals surface area contributed by atoms with Gasteiger partial charge in [-0.1, -0.05) is 18.5 Å². The molecule has 0 aliphatic carbocycles. The van der Waals surface area contributed by atoms with Crippen LogP contribution < -0.4 is 5.32 Å². The number of hydrogen-bond acceptors (Lipinski definition) is 3. The van der Waals surface area contributed by atoms with Gasteiger partial charge in [-0.15, -0.1) is 11.3 Å². The molecule has 0 radical (unpaired) electrons. The van der Waals surface area contributed by atoms with Crippen molar-refractivity contribution >= 4 is 22.9 Å². The summed E-state index contributed by atoms with van der Waals surface area (Å²) in [6.07, 6.45) is 2.54. The van der Waals surface area contributed by atoms with Crippen molar-refractivity contribution in [3.8, 4) is 0 Å². The van der Waals surface area contributed by atoms with Gasteiger partial charge in [-0.3, -0.25) is 0 Å². The van der Waals surface area contributed by atoms with E-state index in [0.29, 0.717) is 6.04 Å². The maximum absolute atomic E-state index is 5.90. The number of halogens is 1. The Bertz CT molecular complexity index is 319. The Balaban J connectivity index is 1.71. The molecular weight excluding hydrogens is 240 g/mol. The van der Waals surface area contributed by atoms with Gasteiger partial charge in [0.15, 0.2) is 0 Å². The molecule has 0 amide bonds. The quantitative estimate of drug-likeness (QED) is 0.893. The summed E-state index contributed by atoms with van der Waals surface area (Å²) >= 11 is 7.63. The van der Waals surface area contributed by atoms with Crippen molar-refractivity contribution in [1.82, 2.24) is 10.2 Å². The number of likely N-dealkylation sites (tertiary alicyclic amines) is 1. The summed E-state index contributed by atoms with van der Waals surface area (Å²) in [6, 6.07) is 2.74. The van der Waals surface area contributed by atoms with Gasteiger partial charge in [0.25, 0.3) is 0 Å². The number of piperidine rings is 1. The van der Waals surface area contributed by atoms with Gasteiger partial charge in [-0.05, 0) is 38.5 Å². The lowest BCUT2D eigenvalue weighted by Gasteiger charge is -2.31. The first-order valence-electron chi connectivity index (χ1n) is 5.96. The predicted molar refractivity (Wildman–Crippen MR) is 71.3 cm³/mol. The number of nitrogens with one attached hydrogen (secondary N) is 1. The van der Waals surface area contributed by atoms with Gasteiger partial charge < -0.3 is 10.2 Å². The summed E-state index contributed by atoms with van der Waals surface area (Å²) in [7, 11) is 0. The molecule has 1 N–H and O–H groups in total. The molecule has 0 unspecified atom stereocenters. The van der Waals surface area contributed by atoms with Gasteiger partial charge in [0.05, 0.1) is 5.02 Å². The van der Waals surface area contributed by atoms with Crippen LogP contribution in [0.5, 0.6) is 0 Å². The Morgan fingerprint density at radius 1 is 1.50 bits per heavy atom. The molecule has 2 rings (SSSR count). The minimum absolute atomic E-state index is 0.684. The smallest absolute Gasteiger partial charge is 0.0516 e. The third-order valence-electron chi connectivity index (χ3n) is 3.22. The highest BCUT2D eigenvalue weighted by atomic mass is 35.5. The summed E-state index contributed by atoms with van der Waals surface area (Å²) < 4.78 is 0. The Morgan fingerprint density at radius 3 is 2.81 bits per heavy atom. The first-order chi connectivity index (χ1) is 7.78. The number of hydrogen-bond donors (Lipinski definition) is 1. The van der Waals surface area contributed by atoms with Crippen LogP contribution in [0.25, 0.3) is 0 Å². The summed E-state index contributed by atoms with van der Waals surface area (Å²) in [4.78, 5) is 3.85. The van der Waals surface area contributed by atoms with E-state index in [1.165, 1.54) is 37.4 Å². The largest absolute Gasteiger partial charge is 0.309 e. The summed E-state index contributed by atoms with van der Waals surface area (Å²) in [5, 5.41) is 6.48. The highest BCUT2D eigenvalue weighted by molar-refractivity contribution is 7.10. The van der Waals surface area contributed by atoms with E-state index >= 15 is 0 Å². The lowest BCUT2D eigenvalue weighted by Crippen LogP contribution is -2.41. The second-order valence-electron chi connectivity index (χ2n) is 4.32. The van der Waals surface area contributed by atoms with E-state index in [2.05, 4.69) is 23.2 Å². The average molecular weight is 259 g/mol. The Hall–Kier alpha value is -0.0900. The van der Waals surface area contributed by atoms with Crippen molar-refractivity contribution in [1.29, 1.82) is 0 Å². The SMILES string of the molecule is CCN1CCC(NCc2cc(Cl)cs2)CC1. The normalized spacial score (nSPS) is 19.1. The first kappa shape index (κ1) is 12.4. The number of thiophene rings is 1. The fraction of sp³-hybridized carbons (Fsp3) is 0.667. The molecule has 2 heterocycles. The summed E-state index contributed by atoms with van der Waals surface area (Å²) in [5.74, 6) is 0. The molecule has 0 atom stereocenters. The molecule has 2 nitrogen and oxygen atoms in total. The van der Waals surface area contributed by atoms with Gasteiger partial charge >= 0.3 is 0 Å². The zero-order valence-electron chi connectivity index (χ0n) is 9.71. The Labute approximate surface area is 107 Å². The van der Waals surface area contributed by atoms with Crippen LogP contribution in [0.4, 0.5) is 0 Å². The van der Waals surface area contributed by atoms with Gasteiger partial charge in [0.2, 0.25) is 0 Å². The third kappa shape index (κ3) is 3.45. The Kier molecular flexibility index (Phi) is 4.65. The van der Waals surface area contributed by atoms with Crippen molar-refractivity contribution < 1.29 is 0 Å². The van der Waals surface area contributed by atoms with Crippen LogP contribution in [0.3, 0.4) is 0 Å². The van der Waals surface area contributed by atoms with Crippen LogP contribution in [0, 0.1) is 0 Å². The van der Waals surface area contributed by atoms with Gasteiger partial charge in [0.1, 0.15) is 0 Å². The highest BCUT2D eigenvalue weighted by Gasteiger charge is 2.17. The van der Waals surface area contributed by atoms with Gasteiger partial charge in [0, 0.05) is 22.8 Å². The van der Waals surface area contributed by atoms with Crippen LogP contribution in [-0.2, 0) is 6.54 Å². The maximum Gasteiger partial charge on any atom is 0.0516 e. The van der Waals surface area contributed by atoms with Crippen molar-refractivity contribution in [2.75, 3.05) is 19.6 Å². The molecule has 16 heavy (non-hydrogen) atoms. The van der Waals surface area contributed by atoms with Crippen LogP contribution >= 0.6 is 22.9 Å². The third-order valence-corrected chi connectivity index (χ3v) is 4.51. The molecule has 0 bridgehead atoms. The molecule has 0 aromatic carbocycles. The molecule has 1 aromatic heterocycles. The molecule has 1 fully saturated rings. The van der Waals surface area contributed by atoms with Crippen LogP contribution in [-0.4, -0.2) is 30.6 Å². The molecular formula is C12H19ClN2S. The molecule has 0 spiro atoms. The van der Waals surface area contributed by atoms with Crippen LogP contribution in [0.2, 0.25) is 5.02 Å². The standard InChI is InChI=1S/C12H19ClN2S/c1-2-15-5-3-11(4-6-15)14-8-12-7-10(13)9-16-12/h7,9,11,14H,2-6,8H2,1H3. The van der Waals surface area contributed by atoms with E-state index in [0.717, 1.165) is 11.6 Å². The maximum atomic E-state index is 5.90. The molecule has 1 saturated heterocycles. The zero-order chi connectivity index (χ0) is 11.4. The van der Waals surface area contributed by atoms with Gasteiger partial charge in [-0.25, -0.2) is 0 Å². The van der Waals surface area contributed by atoms with E-state index in [9.17, 15) is 0 Å². The zero-order valence-corrected chi connectivity index (χ0v) is 11.3. The van der Waals surface area contributed by atoms with E-state index in [4.69, 9.17) is 11.6 Å². The lowest BCUT2D eigenvalue weighted by atomic mass is 10.1. The van der Waals surface area contributed by atoms with E-state index < -0.39 is 0 Å². The topological polar surface area (TPSA) is 15.3 Å². The molecule has 0 saturated carbocycles. The average Bonchev–Trinajstić information content (AvgIpc) is 2.73. The minimum atomic E-state index is 0.684. The van der Waals surface area contributed by atoms with Crippen LogP contribution in [0.15, 0.2) is 11.4 Å². The van der Waals surface area contributed by atoms with Crippen molar-refractivity contribution in [3.05, 3.63) is 21.3 Å². The second-order valence-corrected chi connectivity index (χ2v) is 5.75. The fourth-order valence-corrected chi connectivity index (χ4v) is 3.17. The van der Waals surface area contributed by atoms with Crippen molar-refractivity contribution in [3.63, 3.8) is 0 Å². The number of rotatable bonds is 4. The predicted octanol–water partition coefficient (Wildman–Crippen LogP) is 2.98. The van der Waals surface area contributed by atoms with Crippen molar-refractivity contribution in [2.45, 2.75) is 32.4 Å². The minimum Gasteiger partial charge on any atom is -0.309 e.